The lowest BCUT2D eigenvalue weighted by atomic mass is 9.75. The summed E-state index contributed by atoms with van der Waals surface area (Å²) in [7, 11) is 0. The van der Waals surface area contributed by atoms with Crippen LogP contribution in [0.3, 0.4) is 0 Å². The molecular formula is C64H50. The second-order valence-corrected chi connectivity index (χ2v) is 17.1. The molecule has 0 bridgehead atoms. The van der Waals surface area contributed by atoms with Gasteiger partial charge in [0.25, 0.3) is 0 Å². The molecule has 0 saturated heterocycles. The molecule has 1 aliphatic carbocycles. The van der Waals surface area contributed by atoms with Gasteiger partial charge in [0.05, 0.1) is 0 Å². The number of hydrogen-bond donors (Lipinski definition) is 0. The first kappa shape index (κ1) is 40.3. The molecule has 0 heteroatoms. The lowest BCUT2D eigenvalue weighted by molar-refractivity contribution is 0.865. The third-order valence-corrected chi connectivity index (χ3v) is 12.9. The highest BCUT2D eigenvalue weighted by molar-refractivity contribution is 5.89. The SMILES string of the molecule is C=c1c(-c2ccccc2)cc(=C(c2cccc(C)c2)c2cccc3c2C=CCC3C(c2cccc(C)c2)=c2cc(-c3ccccc3)c(=C)c(-c3ccccc3)c2)cc1-c1ccccc1. The first-order valence-electron chi connectivity index (χ1n) is 22.3. The molecule has 306 valence electrons. The van der Waals surface area contributed by atoms with Gasteiger partial charge in [-0.1, -0.05) is 224 Å². The molecule has 0 radical (unpaired) electrons. The van der Waals surface area contributed by atoms with Crippen LogP contribution in [-0.2, 0) is 0 Å². The number of fused-ring (bicyclic) bond motifs is 1. The lowest BCUT2D eigenvalue weighted by Crippen LogP contribution is -2.21. The molecule has 1 aliphatic rings. The van der Waals surface area contributed by atoms with Gasteiger partial charge in [0.2, 0.25) is 0 Å². The van der Waals surface area contributed by atoms with E-state index in [4.69, 9.17) is 13.2 Å². The number of aryl methyl sites for hydroxylation is 2. The molecule has 0 N–H and O–H groups in total. The van der Waals surface area contributed by atoms with Crippen LogP contribution in [0.15, 0.2) is 218 Å². The Morgan fingerprint density at radius 2 is 0.844 bits per heavy atom. The third kappa shape index (κ3) is 7.80. The number of allylic oxidation sites excluding steroid dienone is 1. The molecule has 0 amide bonds. The number of rotatable bonds is 8. The van der Waals surface area contributed by atoms with Crippen molar-refractivity contribution in [3.05, 3.63) is 278 Å². The van der Waals surface area contributed by atoms with E-state index in [0.29, 0.717) is 0 Å². The molecule has 0 heterocycles. The molecule has 0 spiro atoms. The van der Waals surface area contributed by atoms with E-state index in [1.165, 1.54) is 55.3 Å². The van der Waals surface area contributed by atoms with E-state index in [1.54, 1.807) is 0 Å². The summed E-state index contributed by atoms with van der Waals surface area (Å²) in [6.07, 6.45) is 5.65. The van der Waals surface area contributed by atoms with Crippen LogP contribution in [0.4, 0.5) is 0 Å². The fraction of sp³-hybridized carbons (Fsp3) is 0.0625. The van der Waals surface area contributed by atoms with Crippen LogP contribution in [0, 0.1) is 13.8 Å². The second-order valence-electron chi connectivity index (χ2n) is 17.1. The third-order valence-electron chi connectivity index (χ3n) is 12.9. The molecule has 1 atom stereocenters. The predicted octanol–water partition coefficient (Wildman–Crippen LogP) is 13.4. The van der Waals surface area contributed by atoms with Crippen molar-refractivity contribution < 1.29 is 0 Å². The van der Waals surface area contributed by atoms with Gasteiger partial charge in [-0.3, -0.25) is 0 Å². The van der Waals surface area contributed by atoms with Crippen LogP contribution in [0.5, 0.6) is 0 Å². The van der Waals surface area contributed by atoms with Crippen molar-refractivity contribution in [3.63, 3.8) is 0 Å². The predicted molar refractivity (Wildman–Crippen MR) is 273 cm³/mol. The van der Waals surface area contributed by atoms with Crippen molar-refractivity contribution in [1.29, 1.82) is 0 Å². The lowest BCUT2D eigenvalue weighted by Gasteiger charge is -2.28. The largest absolute Gasteiger partial charge is 0.0905 e. The minimum atomic E-state index is 0.0744. The normalized spacial score (nSPS) is 13.0. The molecule has 9 aromatic rings. The molecule has 64 heavy (non-hydrogen) atoms. The fourth-order valence-corrected chi connectivity index (χ4v) is 9.82. The monoisotopic (exact) mass is 818 g/mol. The summed E-state index contributed by atoms with van der Waals surface area (Å²) in [5.74, 6) is 0.0744. The van der Waals surface area contributed by atoms with Gasteiger partial charge in [-0.15, -0.1) is 0 Å². The Kier molecular flexibility index (Phi) is 11.0. The quantitative estimate of drug-likeness (QED) is 0.143. The van der Waals surface area contributed by atoms with Crippen molar-refractivity contribution in [2.45, 2.75) is 26.2 Å². The zero-order chi connectivity index (χ0) is 43.6. The Morgan fingerprint density at radius 3 is 1.31 bits per heavy atom. The van der Waals surface area contributed by atoms with Gasteiger partial charge in [0.1, 0.15) is 0 Å². The average molecular weight is 819 g/mol. The minimum absolute atomic E-state index is 0.0744. The molecule has 0 aromatic heterocycles. The summed E-state index contributed by atoms with van der Waals surface area (Å²) in [5.41, 5.74) is 20.4. The van der Waals surface area contributed by atoms with Crippen molar-refractivity contribution >= 4 is 30.4 Å². The maximum absolute atomic E-state index is 4.73. The average Bonchev–Trinajstić information content (AvgIpc) is 3.34. The van der Waals surface area contributed by atoms with Gasteiger partial charge in [0.15, 0.2) is 0 Å². The van der Waals surface area contributed by atoms with Crippen molar-refractivity contribution in [3.8, 4) is 44.5 Å². The van der Waals surface area contributed by atoms with Gasteiger partial charge in [-0.2, -0.15) is 0 Å². The molecule has 0 fully saturated rings. The fourth-order valence-electron chi connectivity index (χ4n) is 9.82. The van der Waals surface area contributed by atoms with Crippen molar-refractivity contribution in [2.75, 3.05) is 0 Å². The molecule has 10 rings (SSSR count). The van der Waals surface area contributed by atoms with E-state index in [9.17, 15) is 0 Å². The Labute approximate surface area is 377 Å². The van der Waals surface area contributed by atoms with E-state index in [-0.39, 0.29) is 5.92 Å². The standard InChI is InChI=1S/C64H50/c1-43-21-17-31-51(37-43)63(53-39-59(47-23-9-5-10-24-47)45(3)60(40-53)48-25-11-6-12-26-48)57-35-19-34-56-55(57)33-20-36-58(56)64(52-32-18-22-44(2)38-52)54-41-61(49-27-13-7-14-28-49)46(4)62(42-54)50-29-15-8-16-30-50/h5-35,37-42,58H,3-4,36H2,1-2H3. The molecular weight excluding hydrogens is 769 g/mol. The van der Waals surface area contributed by atoms with E-state index >= 15 is 0 Å². The summed E-state index contributed by atoms with van der Waals surface area (Å²) >= 11 is 0. The Hall–Kier alpha value is -7.80. The zero-order valence-electron chi connectivity index (χ0n) is 36.6. The van der Waals surface area contributed by atoms with E-state index in [1.807, 2.05) is 0 Å². The first-order chi connectivity index (χ1) is 31.4. The summed E-state index contributed by atoms with van der Waals surface area (Å²) < 4.78 is 0. The molecule has 0 saturated carbocycles. The second kappa shape index (κ2) is 17.5. The van der Waals surface area contributed by atoms with Gasteiger partial charge in [-0.05, 0) is 149 Å². The highest BCUT2D eigenvalue weighted by atomic mass is 14.3. The van der Waals surface area contributed by atoms with Crippen LogP contribution in [0.25, 0.3) is 74.9 Å². The molecule has 9 aromatic carbocycles. The summed E-state index contributed by atoms with van der Waals surface area (Å²) in [6, 6.07) is 77.4. The zero-order valence-corrected chi connectivity index (χ0v) is 36.6. The smallest absolute Gasteiger partial charge is 0.0142 e. The van der Waals surface area contributed by atoms with Gasteiger partial charge >= 0.3 is 0 Å². The maximum Gasteiger partial charge on any atom is 0.0142 e. The highest BCUT2D eigenvalue weighted by Gasteiger charge is 2.26. The van der Waals surface area contributed by atoms with E-state index < -0.39 is 0 Å². The molecule has 0 nitrogen and oxygen atoms in total. The van der Waals surface area contributed by atoms with Gasteiger partial charge in [0, 0.05) is 5.92 Å². The number of hydrogen-bond acceptors (Lipinski definition) is 0. The Morgan fingerprint density at radius 1 is 0.422 bits per heavy atom. The van der Waals surface area contributed by atoms with E-state index in [2.05, 4.69) is 238 Å². The minimum Gasteiger partial charge on any atom is -0.0905 e. The molecule has 0 aliphatic heterocycles. The Balaban J connectivity index is 1.29. The van der Waals surface area contributed by atoms with Gasteiger partial charge in [-0.25, -0.2) is 0 Å². The first-order valence-corrected chi connectivity index (χ1v) is 22.3. The topological polar surface area (TPSA) is 0 Å². The molecule has 1 unspecified atom stereocenters. The summed E-state index contributed by atoms with van der Waals surface area (Å²) in [4.78, 5) is 0. The van der Waals surface area contributed by atoms with Crippen LogP contribution < -0.4 is 20.9 Å². The van der Waals surface area contributed by atoms with Crippen molar-refractivity contribution in [2.24, 2.45) is 0 Å². The van der Waals surface area contributed by atoms with E-state index in [0.717, 1.165) is 66.6 Å². The van der Waals surface area contributed by atoms with Gasteiger partial charge < -0.3 is 0 Å². The summed E-state index contributed by atoms with van der Waals surface area (Å²) in [6.45, 7) is 13.8. The van der Waals surface area contributed by atoms with Crippen LogP contribution in [0.1, 0.15) is 51.3 Å². The maximum atomic E-state index is 4.73. The number of benzene rings is 9. The highest BCUT2D eigenvalue weighted by Crippen LogP contribution is 2.42. The van der Waals surface area contributed by atoms with Crippen LogP contribution in [-0.4, -0.2) is 0 Å². The van der Waals surface area contributed by atoms with Crippen molar-refractivity contribution in [1.82, 2.24) is 0 Å². The van der Waals surface area contributed by atoms with Crippen LogP contribution >= 0.6 is 0 Å². The summed E-state index contributed by atoms with van der Waals surface area (Å²) in [5, 5.41) is 4.43. The van der Waals surface area contributed by atoms with Crippen LogP contribution in [0.2, 0.25) is 0 Å². The Bertz CT molecular complexity index is 3300.